The lowest BCUT2D eigenvalue weighted by atomic mass is 10.0. The molecule has 0 saturated heterocycles. The molecule has 0 unspecified atom stereocenters. The van der Waals surface area contributed by atoms with Gasteiger partial charge in [0.25, 0.3) is 0 Å². The van der Waals surface area contributed by atoms with E-state index in [0.29, 0.717) is 25.9 Å². The molecule has 6 heteroatoms. The minimum absolute atomic E-state index is 0.0377. The van der Waals surface area contributed by atoms with Gasteiger partial charge < -0.3 is 16.0 Å². The first-order valence-corrected chi connectivity index (χ1v) is 13.0. The van der Waals surface area contributed by atoms with Crippen LogP contribution in [0.25, 0.3) is 0 Å². The molecule has 3 N–H and O–H groups in total. The SMILES string of the molecule is CCCCCCCCCCCC(=O)NCCC(=O)NCCCC[C@H](NC(C)(C)C)C(C)=O. The van der Waals surface area contributed by atoms with Crippen molar-refractivity contribution in [3.8, 4) is 0 Å². The molecule has 0 aromatic heterocycles. The van der Waals surface area contributed by atoms with E-state index >= 15 is 0 Å². The van der Waals surface area contributed by atoms with E-state index in [1.54, 1.807) is 6.92 Å². The maximum atomic E-state index is 11.9. The zero-order chi connectivity index (χ0) is 24.2. The van der Waals surface area contributed by atoms with Gasteiger partial charge in [-0.25, -0.2) is 0 Å². The molecule has 0 spiro atoms. The molecular formula is C26H51N3O3. The van der Waals surface area contributed by atoms with Gasteiger partial charge in [0, 0.05) is 31.5 Å². The topological polar surface area (TPSA) is 87.3 Å². The van der Waals surface area contributed by atoms with Crippen molar-refractivity contribution in [1.29, 1.82) is 0 Å². The first-order valence-electron chi connectivity index (χ1n) is 13.0. The van der Waals surface area contributed by atoms with Gasteiger partial charge in [-0.15, -0.1) is 0 Å². The second-order valence-corrected chi connectivity index (χ2v) is 10.1. The quantitative estimate of drug-likeness (QED) is 0.225. The summed E-state index contributed by atoms with van der Waals surface area (Å²) in [4.78, 5) is 35.5. The average Bonchev–Trinajstić information content (AvgIpc) is 2.70. The van der Waals surface area contributed by atoms with E-state index in [1.807, 2.05) is 0 Å². The van der Waals surface area contributed by atoms with Crippen molar-refractivity contribution in [3.63, 3.8) is 0 Å². The zero-order valence-electron chi connectivity index (χ0n) is 21.6. The minimum atomic E-state index is -0.133. The number of rotatable bonds is 20. The predicted octanol–water partition coefficient (Wildman–Crippen LogP) is 5.05. The molecule has 0 fully saturated rings. The van der Waals surface area contributed by atoms with Crippen LogP contribution in [0.2, 0.25) is 0 Å². The Hall–Kier alpha value is -1.43. The molecule has 0 aromatic carbocycles. The van der Waals surface area contributed by atoms with Crippen LogP contribution in [0.4, 0.5) is 0 Å². The van der Waals surface area contributed by atoms with Crippen LogP contribution < -0.4 is 16.0 Å². The molecular weight excluding hydrogens is 402 g/mol. The largest absolute Gasteiger partial charge is 0.356 e. The van der Waals surface area contributed by atoms with E-state index in [2.05, 4.69) is 43.6 Å². The molecule has 188 valence electrons. The summed E-state index contributed by atoms with van der Waals surface area (Å²) in [6.07, 6.45) is 14.5. The van der Waals surface area contributed by atoms with Crippen LogP contribution in [-0.4, -0.2) is 42.3 Å². The van der Waals surface area contributed by atoms with E-state index in [0.717, 1.165) is 32.1 Å². The summed E-state index contributed by atoms with van der Waals surface area (Å²) >= 11 is 0. The summed E-state index contributed by atoms with van der Waals surface area (Å²) in [5.74, 6) is 0.161. The normalized spacial score (nSPS) is 12.4. The highest BCUT2D eigenvalue weighted by atomic mass is 16.2. The van der Waals surface area contributed by atoms with Gasteiger partial charge in [0.05, 0.1) is 6.04 Å². The summed E-state index contributed by atoms with van der Waals surface area (Å²) in [5, 5.41) is 9.09. The average molecular weight is 454 g/mol. The van der Waals surface area contributed by atoms with Gasteiger partial charge in [-0.1, -0.05) is 58.3 Å². The van der Waals surface area contributed by atoms with Crippen molar-refractivity contribution in [1.82, 2.24) is 16.0 Å². The summed E-state index contributed by atoms with van der Waals surface area (Å²) < 4.78 is 0. The lowest BCUT2D eigenvalue weighted by molar-refractivity contribution is -0.122. The number of unbranched alkanes of at least 4 members (excludes halogenated alkanes) is 9. The van der Waals surface area contributed by atoms with E-state index in [4.69, 9.17) is 0 Å². The van der Waals surface area contributed by atoms with Crippen LogP contribution in [0.1, 0.15) is 125 Å². The molecule has 32 heavy (non-hydrogen) atoms. The van der Waals surface area contributed by atoms with Crippen molar-refractivity contribution in [2.75, 3.05) is 13.1 Å². The molecule has 0 heterocycles. The fourth-order valence-corrected chi connectivity index (χ4v) is 3.69. The highest BCUT2D eigenvalue weighted by Gasteiger charge is 2.20. The van der Waals surface area contributed by atoms with E-state index < -0.39 is 0 Å². The van der Waals surface area contributed by atoms with Crippen LogP contribution in [0.5, 0.6) is 0 Å². The van der Waals surface area contributed by atoms with Gasteiger partial charge in [-0.2, -0.15) is 0 Å². The van der Waals surface area contributed by atoms with Crippen molar-refractivity contribution < 1.29 is 14.4 Å². The molecule has 0 rings (SSSR count). The van der Waals surface area contributed by atoms with Gasteiger partial charge in [0.15, 0.2) is 0 Å². The van der Waals surface area contributed by atoms with Crippen molar-refractivity contribution >= 4 is 17.6 Å². The first-order chi connectivity index (χ1) is 15.2. The Morgan fingerprint density at radius 2 is 1.22 bits per heavy atom. The Balaban J connectivity index is 3.62. The molecule has 1 atom stereocenters. The smallest absolute Gasteiger partial charge is 0.221 e. The summed E-state index contributed by atoms with van der Waals surface area (Å²) in [6, 6.07) is -0.133. The van der Waals surface area contributed by atoms with Gasteiger partial charge in [0.1, 0.15) is 5.78 Å². The number of carbonyl (C=O) groups is 3. The fourth-order valence-electron chi connectivity index (χ4n) is 3.69. The number of carbonyl (C=O) groups excluding carboxylic acids is 3. The monoisotopic (exact) mass is 453 g/mol. The Bertz CT molecular complexity index is 515. The fraction of sp³-hybridized carbons (Fsp3) is 0.885. The molecule has 0 radical (unpaired) electrons. The highest BCUT2D eigenvalue weighted by Crippen LogP contribution is 2.10. The first kappa shape index (κ1) is 30.6. The van der Waals surface area contributed by atoms with E-state index in [9.17, 15) is 14.4 Å². The second-order valence-electron chi connectivity index (χ2n) is 10.1. The molecule has 0 aromatic rings. The van der Waals surface area contributed by atoms with Crippen molar-refractivity contribution in [2.45, 2.75) is 136 Å². The summed E-state index contributed by atoms with van der Waals surface area (Å²) in [7, 11) is 0. The Labute approximate surface area is 197 Å². The molecule has 0 aliphatic rings. The third-order valence-electron chi connectivity index (χ3n) is 5.52. The van der Waals surface area contributed by atoms with Gasteiger partial charge in [-0.3, -0.25) is 14.4 Å². The number of nitrogens with one attached hydrogen (secondary N) is 3. The Morgan fingerprint density at radius 1 is 0.688 bits per heavy atom. The number of hydrogen-bond acceptors (Lipinski definition) is 4. The lowest BCUT2D eigenvalue weighted by Gasteiger charge is -2.27. The zero-order valence-corrected chi connectivity index (χ0v) is 21.6. The lowest BCUT2D eigenvalue weighted by Crippen LogP contribution is -2.47. The maximum absolute atomic E-state index is 11.9. The van der Waals surface area contributed by atoms with Crippen LogP contribution in [-0.2, 0) is 14.4 Å². The standard InChI is InChI=1S/C26H51N3O3/c1-6-7-8-9-10-11-12-13-14-18-24(31)28-21-19-25(32)27-20-16-15-17-23(22(2)30)29-26(3,4)5/h23,29H,6-21H2,1-5H3,(H,27,32)(H,28,31)/t23-/m0/s1. The van der Waals surface area contributed by atoms with Gasteiger partial charge >= 0.3 is 0 Å². The van der Waals surface area contributed by atoms with Crippen LogP contribution in [0.15, 0.2) is 0 Å². The number of hydrogen-bond donors (Lipinski definition) is 3. The van der Waals surface area contributed by atoms with E-state index in [1.165, 1.54) is 44.9 Å². The third kappa shape index (κ3) is 20.5. The molecule has 0 aliphatic carbocycles. The summed E-state index contributed by atoms with van der Waals surface area (Å²) in [5.41, 5.74) is -0.0944. The number of amides is 2. The van der Waals surface area contributed by atoms with Gasteiger partial charge in [-0.05, 0) is 53.4 Å². The molecule has 2 amide bonds. The van der Waals surface area contributed by atoms with Crippen LogP contribution in [0.3, 0.4) is 0 Å². The third-order valence-corrected chi connectivity index (χ3v) is 5.52. The van der Waals surface area contributed by atoms with Gasteiger partial charge in [0.2, 0.25) is 11.8 Å². The second kappa shape index (κ2) is 19.1. The molecule has 0 aliphatic heterocycles. The number of Topliss-reactive ketones (excluding diaryl/α,β-unsaturated/α-hetero) is 1. The maximum Gasteiger partial charge on any atom is 0.221 e. The van der Waals surface area contributed by atoms with Crippen molar-refractivity contribution in [2.24, 2.45) is 0 Å². The highest BCUT2D eigenvalue weighted by molar-refractivity contribution is 5.81. The van der Waals surface area contributed by atoms with Crippen molar-refractivity contribution in [3.05, 3.63) is 0 Å². The van der Waals surface area contributed by atoms with Crippen LogP contribution >= 0.6 is 0 Å². The molecule has 0 saturated carbocycles. The predicted molar refractivity (Wildman–Crippen MR) is 134 cm³/mol. The van der Waals surface area contributed by atoms with E-state index in [-0.39, 0.29) is 29.2 Å². The minimum Gasteiger partial charge on any atom is -0.356 e. The Morgan fingerprint density at radius 3 is 1.78 bits per heavy atom. The molecule has 6 nitrogen and oxygen atoms in total. The van der Waals surface area contributed by atoms with Crippen LogP contribution in [0, 0.1) is 0 Å². The molecule has 0 bridgehead atoms. The Kier molecular flexibility index (Phi) is 18.2. The number of ketones is 1. The summed E-state index contributed by atoms with van der Waals surface area (Å²) in [6.45, 7) is 11.0.